The van der Waals surface area contributed by atoms with Crippen LogP contribution in [0.15, 0.2) is 41.3 Å². The molecule has 0 aliphatic carbocycles. The van der Waals surface area contributed by atoms with E-state index >= 15 is 0 Å². The smallest absolute Gasteiger partial charge is 0.247 e. The van der Waals surface area contributed by atoms with Crippen molar-refractivity contribution in [3.63, 3.8) is 0 Å². The van der Waals surface area contributed by atoms with Crippen molar-refractivity contribution < 1.29 is 26.7 Å². The van der Waals surface area contributed by atoms with Crippen LogP contribution in [-0.2, 0) is 14.8 Å². The highest BCUT2D eigenvalue weighted by atomic mass is 32.2. The van der Waals surface area contributed by atoms with Crippen molar-refractivity contribution in [2.24, 2.45) is 0 Å². The Kier molecular flexibility index (Phi) is 7.36. The number of aromatic nitrogens is 1. The molecule has 2 heterocycles. The summed E-state index contributed by atoms with van der Waals surface area (Å²) in [5, 5.41) is 0.199. The third-order valence-electron chi connectivity index (χ3n) is 5.82. The van der Waals surface area contributed by atoms with Crippen LogP contribution in [0.25, 0.3) is 10.2 Å². The summed E-state index contributed by atoms with van der Waals surface area (Å²) in [4.78, 5) is 21.3. The highest BCUT2D eigenvalue weighted by molar-refractivity contribution is 7.89. The molecule has 0 saturated carbocycles. The zero-order valence-electron chi connectivity index (χ0n) is 19.6. The van der Waals surface area contributed by atoms with Crippen LogP contribution in [-0.4, -0.2) is 75.4 Å². The number of carbonyl (C=O) groups is 1. The Hall–Kier alpha value is -2.67. The number of ether oxygens (including phenoxy) is 1. The van der Waals surface area contributed by atoms with Crippen LogP contribution in [0.1, 0.15) is 12.8 Å². The van der Waals surface area contributed by atoms with E-state index in [-0.39, 0.29) is 33.3 Å². The molecular formula is C23H26F2N4O4S2. The number of anilines is 1. The van der Waals surface area contributed by atoms with Gasteiger partial charge in [-0.15, -0.1) is 0 Å². The van der Waals surface area contributed by atoms with E-state index < -0.39 is 33.6 Å². The van der Waals surface area contributed by atoms with Crippen LogP contribution in [0.4, 0.5) is 13.9 Å². The lowest BCUT2D eigenvalue weighted by molar-refractivity contribution is -0.121. The van der Waals surface area contributed by atoms with Gasteiger partial charge in [-0.05, 0) is 57.3 Å². The molecule has 3 aromatic rings. The number of likely N-dealkylation sites (N-methyl/N-ethyl adjacent to an activating group) is 1. The van der Waals surface area contributed by atoms with Crippen molar-refractivity contribution >= 4 is 42.6 Å². The lowest BCUT2D eigenvalue weighted by Gasteiger charge is -2.29. The van der Waals surface area contributed by atoms with Crippen molar-refractivity contribution in [3.05, 3.63) is 48.0 Å². The third-order valence-corrected chi connectivity index (χ3v) is 8.77. The minimum absolute atomic E-state index is 0.0248. The Morgan fingerprint density at radius 2 is 1.91 bits per heavy atom. The van der Waals surface area contributed by atoms with Crippen LogP contribution in [0.2, 0.25) is 0 Å². The fourth-order valence-electron chi connectivity index (χ4n) is 4.00. The van der Waals surface area contributed by atoms with Crippen molar-refractivity contribution in [2.75, 3.05) is 45.7 Å². The first-order valence-electron chi connectivity index (χ1n) is 11.0. The SMILES string of the molecule is COc1ccc(S(=O)(=O)N2CCCC2C(=O)N(CCN(C)C)c2nc3c(F)cc(F)cc3s2)cc1. The number of hydrogen-bond acceptors (Lipinski definition) is 7. The molecular weight excluding hydrogens is 498 g/mol. The molecule has 0 bridgehead atoms. The minimum atomic E-state index is -3.95. The normalized spacial score (nSPS) is 16.8. The predicted octanol–water partition coefficient (Wildman–Crippen LogP) is 3.33. The number of hydrogen-bond donors (Lipinski definition) is 0. The number of halogens is 2. The summed E-state index contributed by atoms with van der Waals surface area (Å²) < 4.78 is 61.4. The maximum Gasteiger partial charge on any atom is 0.247 e. The number of thiazole rings is 1. The molecule has 0 radical (unpaired) electrons. The van der Waals surface area contributed by atoms with Gasteiger partial charge >= 0.3 is 0 Å². The second-order valence-corrected chi connectivity index (χ2v) is 11.4. The largest absolute Gasteiger partial charge is 0.497 e. The van der Waals surface area contributed by atoms with Crippen LogP contribution < -0.4 is 9.64 Å². The summed E-state index contributed by atoms with van der Waals surface area (Å²) in [6.45, 7) is 0.880. The van der Waals surface area contributed by atoms with Crippen molar-refractivity contribution in [3.8, 4) is 5.75 Å². The molecule has 4 rings (SSSR count). The van der Waals surface area contributed by atoms with Gasteiger partial charge in [0, 0.05) is 25.7 Å². The Bertz CT molecular complexity index is 1330. The quantitative estimate of drug-likeness (QED) is 0.450. The van der Waals surface area contributed by atoms with Crippen molar-refractivity contribution in [1.82, 2.24) is 14.2 Å². The summed E-state index contributed by atoms with van der Waals surface area (Å²) in [6.07, 6.45) is 0.869. The number of carbonyl (C=O) groups excluding carboxylic acids is 1. The number of methoxy groups -OCH3 is 1. The van der Waals surface area contributed by atoms with Crippen LogP contribution in [0, 0.1) is 11.6 Å². The summed E-state index contributed by atoms with van der Waals surface area (Å²) >= 11 is 0.995. The van der Waals surface area contributed by atoms with E-state index in [4.69, 9.17) is 4.74 Å². The minimum Gasteiger partial charge on any atom is -0.497 e. The number of nitrogens with zero attached hydrogens (tertiary/aromatic N) is 4. The fraction of sp³-hybridized carbons (Fsp3) is 0.391. The molecule has 0 N–H and O–H groups in total. The van der Waals surface area contributed by atoms with E-state index in [0.717, 1.165) is 17.4 Å². The van der Waals surface area contributed by atoms with E-state index in [0.29, 0.717) is 25.1 Å². The maximum atomic E-state index is 14.3. The molecule has 35 heavy (non-hydrogen) atoms. The number of fused-ring (bicyclic) bond motifs is 1. The fourth-order valence-corrected chi connectivity index (χ4v) is 6.69. The Labute approximate surface area is 206 Å². The van der Waals surface area contributed by atoms with E-state index in [1.54, 1.807) is 12.1 Å². The molecule has 1 amide bonds. The maximum absolute atomic E-state index is 14.3. The number of amides is 1. The van der Waals surface area contributed by atoms with E-state index in [9.17, 15) is 22.0 Å². The molecule has 1 aromatic heterocycles. The van der Waals surface area contributed by atoms with Crippen molar-refractivity contribution in [2.45, 2.75) is 23.8 Å². The third kappa shape index (κ3) is 5.15. The monoisotopic (exact) mass is 524 g/mol. The van der Waals surface area contributed by atoms with Gasteiger partial charge < -0.3 is 9.64 Å². The van der Waals surface area contributed by atoms with Gasteiger partial charge in [0.25, 0.3) is 0 Å². The number of benzene rings is 2. The number of rotatable bonds is 8. The molecule has 1 unspecified atom stereocenters. The van der Waals surface area contributed by atoms with Gasteiger partial charge in [-0.25, -0.2) is 22.2 Å². The summed E-state index contributed by atoms with van der Waals surface area (Å²) in [5.74, 6) is -1.47. The van der Waals surface area contributed by atoms with Gasteiger partial charge in [-0.2, -0.15) is 4.31 Å². The summed E-state index contributed by atoms with van der Waals surface area (Å²) in [7, 11) is 1.22. The Balaban J connectivity index is 1.68. The molecule has 1 aliphatic rings. The first-order valence-corrected chi connectivity index (χ1v) is 13.2. The second kappa shape index (κ2) is 10.1. The average Bonchev–Trinajstić information content (AvgIpc) is 3.47. The second-order valence-electron chi connectivity index (χ2n) is 8.47. The van der Waals surface area contributed by atoms with Gasteiger partial charge in [0.2, 0.25) is 15.9 Å². The van der Waals surface area contributed by atoms with Gasteiger partial charge in [0.1, 0.15) is 23.1 Å². The van der Waals surface area contributed by atoms with Gasteiger partial charge in [-0.3, -0.25) is 9.69 Å². The molecule has 1 aliphatic heterocycles. The van der Waals surface area contributed by atoms with E-state index in [2.05, 4.69) is 4.98 Å². The molecule has 2 aromatic carbocycles. The predicted molar refractivity (Wildman–Crippen MR) is 130 cm³/mol. The topological polar surface area (TPSA) is 83.0 Å². The Morgan fingerprint density at radius 1 is 1.20 bits per heavy atom. The lowest BCUT2D eigenvalue weighted by Crippen LogP contribution is -2.49. The van der Waals surface area contributed by atoms with E-state index in [1.165, 1.54) is 34.5 Å². The first-order chi connectivity index (χ1) is 16.6. The molecule has 12 heteroatoms. The molecule has 0 spiro atoms. The van der Waals surface area contributed by atoms with Crippen LogP contribution >= 0.6 is 11.3 Å². The van der Waals surface area contributed by atoms with Gasteiger partial charge in [0.05, 0.1) is 16.7 Å². The number of sulfonamides is 1. The lowest BCUT2D eigenvalue weighted by atomic mass is 10.2. The van der Waals surface area contributed by atoms with E-state index in [1.807, 2.05) is 19.0 Å². The van der Waals surface area contributed by atoms with Crippen molar-refractivity contribution in [1.29, 1.82) is 0 Å². The zero-order valence-corrected chi connectivity index (χ0v) is 21.2. The molecule has 8 nitrogen and oxygen atoms in total. The standard InChI is InChI=1S/C23H26F2N4O4S2/c1-27(2)11-12-28(23-26-21-18(25)13-15(24)14-20(21)34-23)22(30)19-5-4-10-29(19)35(31,32)17-8-6-16(33-3)7-9-17/h6-9,13-14,19H,4-5,10-12H2,1-3H3. The highest BCUT2D eigenvalue weighted by Crippen LogP contribution is 2.34. The Morgan fingerprint density at radius 3 is 2.57 bits per heavy atom. The first kappa shape index (κ1) is 25.4. The molecule has 1 fully saturated rings. The highest BCUT2D eigenvalue weighted by Gasteiger charge is 2.42. The van der Waals surface area contributed by atoms with Crippen LogP contribution in [0.3, 0.4) is 0 Å². The van der Waals surface area contributed by atoms with Crippen LogP contribution in [0.5, 0.6) is 5.75 Å². The van der Waals surface area contributed by atoms with Gasteiger partial charge in [0.15, 0.2) is 10.9 Å². The molecule has 1 atom stereocenters. The zero-order chi connectivity index (χ0) is 25.3. The van der Waals surface area contributed by atoms with Gasteiger partial charge in [-0.1, -0.05) is 11.3 Å². The average molecular weight is 525 g/mol. The molecule has 1 saturated heterocycles. The molecule has 188 valence electrons. The summed E-state index contributed by atoms with van der Waals surface area (Å²) in [5.41, 5.74) is -0.0248. The summed E-state index contributed by atoms with van der Waals surface area (Å²) in [6, 6.07) is 6.99.